The average Bonchev–Trinajstić information content (AvgIpc) is 2.53. The van der Waals surface area contributed by atoms with Crippen molar-refractivity contribution in [2.75, 3.05) is 46.4 Å². The minimum atomic E-state index is 0. The molecule has 2 aliphatic rings. The van der Waals surface area contributed by atoms with Crippen LogP contribution in [0.5, 0.6) is 5.75 Å². The molecule has 0 radical (unpaired) electrons. The van der Waals surface area contributed by atoms with Crippen molar-refractivity contribution < 1.29 is 9.53 Å². The van der Waals surface area contributed by atoms with Crippen LogP contribution in [0.4, 0.5) is 0 Å². The third-order valence-electron chi connectivity index (χ3n) is 5.23. The van der Waals surface area contributed by atoms with Gasteiger partial charge in [0, 0.05) is 49.2 Å². The van der Waals surface area contributed by atoms with Crippen LogP contribution in [0, 0.1) is 11.8 Å². The monoisotopic (exact) mass is 423 g/mol. The first kappa shape index (κ1) is 23.3. The Bertz CT molecular complexity index is 591. The van der Waals surface area contributed by atoms with E-state index in [0.29, 0.717) is 11.8 Å². The first-order chi connectivity index (χ1) is 11.6. The number of nitrogens with one attached hydrogen (secondary N) is 1. The van der Waals surface area contributed by atoms with Crippen molar-refractivity contribution in [2.45, 2.75) is 13.5 Å². The number of hydrogen-bond acceptors (Lipinski definition) is 4. The number of hydrogen-bond donors (Lipinski definition) is 1. The molecule has 2 heterocycles. The van der Waals surface area contributed by atoms with E-state index in [1.165, 1.54) is 0 Å². The van der Waals surface area contributed by atoms with Crippen LogP contribution in [0.15, 0.2) is 18.2 Å². The fraction of sp³-hybridized carbons (Fsp3) is 0.611. The highest BCUT2D eigenvalue weighted by Crippen LogP contribution is 2.25. The van der Waals surface area contributed by atoms with Gasteiger partial charge in [0.05, 0.1) is 7.11 Å². The number of methoxy groups -OCH3 is 1. The zero-order valence-corrected chi connectivity index (χ0v) is 17.6. The minimum absolute atomic E-state index is 0. The molecule has 0 aromatic heterocycles. The van der Waals surface area contributed by atoms with Crippen LogP contribution in [0.1, 0.15) is 12.5 Å². The average molecular weight is 425 g/mol. The van der Waals surface area contributed by atoms with Gasteiger partial charge in [0.25, 0.3) is 0 Å². The summed E-state index contributed by atoms with van der Waals surface area (Å²) in [5, 5.41) is 3.97. The second kappa shape index (κ2) is 10.6. The standard InChI is InChI=1S/C18H26ClN3O2.2ClH/c1-13(15-10-20-11-15)18(23)22-7-5-21(6-8-22)12-14-9-16(19)3-4-17(14)24-2;;/h3-4,9,13,15,20H,5-8,10-12H2,1-2H3;2*1H. The fourth-order valence-corrected chi connectivity index (χ4v) is 3.59. The van der Waals surface area contributed by atoms with Gasteiger partial charge in [-0.1, -0.05) is 18.5 Å². The van der Waals surface area contributed by atoms with E-state index < -0.39 is 0 Å². The van der Waals surface area contributed by atoms with Crippen LogP contribution in [0.25, 0.3) is 0 Å². The summed E-state index contributed by atoms with van der Waals surface area (Å²) in [4.78, 5) is 17.0. The highest BCUT2D eigenvalue weighted by atomic mass is 35.5. The summed E-state index contributed by atoms with van der Waals surface area (Å²) >= 11 is 6.11. The fourth-order valence-electron chi connectivity index (χ4n) is 3.39. The smallest absolute Gasteiger partial charge is 0.225 e. The molecule has 1 amide bonds. The summed E-state index contributed by atoms with van der Waals surface area (Å²) in [6.07, 6.45) is 0. The van der Waals surface area contributed by atoms with Crippen molar-refractivity contribution in [3.63, 3.8) is 0 Å². The molecule has 0 aliphatic carbocycles. The molecule has 0 spiro atoms. The van der Waals surface area contributed by atoms with Gasteiger partial charge in [-0.15, -0.1) is 24.8 Å². The number of piperazine rings is 1. The number of ether oxygens (including phenoxy) is 1. The van der Waals surface area contributed by atoms with Crippen LogP contribution < -0.4 is 10.1 Å². The Morgan fingerprint density at radius 1 is 1.27 bits per heavy atom. The molecule has 2 saturated heterocycles. The molecule has 8 heteroatoms. The number of carbonyl (C=O) groups is 1. The van der Waals surface area contributed by atoms with Crippen molar-refractivity contribution in [3.05, 3.63) is 28.8 Å². The Labute approximate surface area is 173 Å². The van der Waals surface area contributed by atoms with Crippen molar-refractivity contribution in [1.29, 1.82) is 0 Å². The summed E-state index contributed by atoms with van der Waals surface area (Å²) in [6.45, 7) is 8.18. The normalized spacial score (nSPS) is 19.0. The summed E-state index contributed by atoms with van der Waals surface area (Å²) in [6, 6.07) is 5.71. The number of nitrogens with zero attached hydrogens (tertiary/aromatic N) is 2. The molecule has 1 aromatic rings. The summed E-state index contributed by atoms with van der Waals surface area (Å²) in [5.74, 6) is 1.81. The molecule has 5 nitrogen and oxygen atoms in total. The Balaban J connectivity index is 0.00000169. The number of amides is 1. The lowest BCUT2D eigenvalue weighted by atomic mass is 9.88. The summed E-state index contributed by atoms with van der Waals surface area (Å²) in [7, 11) is 1.68. The maximum atomic E-state index is 12.6. The first-order valence-electron chi connectivity index (χ1n) is 8.62. The molecular weight excluding hydrogens is 397 g/mol. The van der Waals surface area contributed by atoms with Gasteiger partial charge < -0.3 is 15.0 Å². The van der Waals surface area contributed by atoms with E-state index in [0.717, 1.165) is 62.1 Å². The van der Waals surface area contributed by atoms with Gasteiger partial charge in [0.15, 0.2) is 0 Å². The molecule has 26 heavy (non-hydrogen) atoms. The van der Waals surface area contributed by atoms with E-state index in [4.69, 9.17) is 16.3 Å². The molecule has 0 bridgehead atoms. The van der Waals surface area contributed by atoms with E-state index >= 15 is 0 Å². The number of halogens is 3. The van der Waals surface area contributed by atoms with E-state index in [2.05, 4.69) is 17.1 Å². The zero-order valence-electron chi connectivity index (χ0n) is 15.2. The van der Waals surface area contributed by atoms with Crippen molar-refractivity contribution >= 4 is 42.3 Å². The van der Waals surface area contributed by atoms with Crippen LogP contribution in [0.3, 0.4) is 0 Å². The van der Waals surface area contributed by atoms with Gasteiger partial charge in [-0.25, -0.2) is 0 Å². The molecule has 1 unspecified atom stereocenters. The Kier molecular flexibility index (Phi) is 9.48. The molecule has 2 fully saturated rings. The van der Waals surface area contributed by atoms with Crippen LogP contribution in [-0.4, -0.2) is 62.1 Å². The zero-order chi connectivity index (χ0) is 17.1. The molecule has 0 saturated carbocycles. The number of rotatable bonds is 5. The maximum Gasteiger partial charge on any atom is 0.225 e. The second-order valence-electron chi connectivity index (χ2n) is 6.76. The van der Waals surface area contributed by atoms with E-state index in [9.17, 15) is 4.79 Å². The lowest BCUT2D eigenvalue weighted by Crippen LogP contribution is -2.54. The SMILES string of the molecule is COc1ccc(Cl)cc1CN1CCN(C(=O)C(C)C2CNC2)CC1.Cl.Cl. The van der Waals surface area contributed by atoms with Crippen molar-refractivity contribution in [1.82, 2.24) is 15.1 Å². The van der Waals surface area contributed by atoms with Crippen LogP contribution in [-0.2, 0) is 11.3 Å². The van der Waals surface area contributed by atoms with E-state index in [1.807, 2.05) is 23.1 Å². The van der Waals surface area contributed by atoms with Gasteiger partial charge in [-0.2, -0.15) is 0 Å². The Morgan fingerprint density at radius 2 is 1.92 bits per heavy atom. The van der Waals surface area contributed by atoms with E-state index in [1.54, 1.807) is 7.11 Å². The van der Waals surface area contributed by atoms with Crippen LogP contribution >= 0.6 is 36.4 Å². The van der Waals surface area contributed by atoms with E-state index in [-0.39, 0.29) is 30.7 Å². The predicted molar refractivity (Wildman–Crippen MR) is 110 cm³/mol. The van der Waals surface area contributed by atoms with Crippen molar-refractivity contribution in [2.24, 2.45) is 11.8 Å². The topological polar surface area (TPSA) is 44.8 Å². The summed E-state index contributed by atoms with van der Waals surface area (Å²) < 4.78 is 5.42. The second-order valence-corrected chi connectivity index (χ2v) is 7.20. The summed E-state index contributed by atoms with van der Waals surface area (Å²) in [5.41, 5.74) is 1.10. The lowest BCUT2D eigenvalue weighted by molar-refractivity contribution is -0.139. The maximum absolute atomic E-state index is 12.6. The first-order valence-corrected chi connectivity index (χ1v) is 9.00. The molecule has 1 aromatic carbocycles. The molecule has 3 rings (SSSR count). The highest BCUT2D eigenvalue weighted by Gasteiger charge is 2.32. The molecule has 148 valence electrons. The highest BCUT2D eigenvalue weighted by molar-refractivity contribution is 6.30. The van der Waals surface area contributed by atoms with Crippen LogP contribution in [0.2, 0.25) is 5.02 Å². The third-order valence-corrected chi connectivity index (χ3v) is 5.47. The van der Waals surface area contributed by atoms with Gasteiger partial charge in [-0.05, 0) is 37.2 Å². The molecule has 1 atom stereocenters. The minimum Gasteiger partial charge on any atom is -0.496 e. The predicted octanol–water partition coefficient (Wildman–Crippen LogP) is 2.69. The quantitative estimate of drug-likeness (QED) is 0.789. The Hall–Kier alpha value is -0.720. The van der Waals surface area contributed by atoms with Gasteiger partial charge in [0.2, 0.25) is 5.91 Å². The molecular formula is C18H28Cl3N3O2. The largest absolute Gasteiger partial charge is 0.496 e. The Morgan fingerprint density at radius 3 is 2.46 bits per heavy atom. The molecule has 2 aliphatic heterocycles. The number of carbonyl (C=O) groups excluding carboxylic acids is 1. The van der Waals surface area contributed by atoms with Gasteiger partial charge >= 0.3 is 0 Å². The van der Waals surface area contributed by atoms with Gasteiger partial charge in [0.1, 0.15) is 5.75 Å². The lowest BCUT2D eigenvalue weighted by Gasteiger charge is -2.39. The third kappa shape index (κ3) is 5.40. The molecule has 1 N–H and O–H groups in total. The van der Waals surface area contributed by atoms with Crippen molar-refractivity contribution in [3.8, 4) is 5.75 Å². The number of benzene rings is 1. The van der Waals surface area contributed by atoms with Gasteiger partial charge in [-0.3, -0.25) is 9.69 Å².